The minimum absolute atomic E-state index is 0.119. The van der Waals surface area contributed by atoms with Crippen molar-refractivity contribution in [2.75, 3.05) is 27.3 Å². The molecule has 0 aliphatic heterocycles. The van der Waals surface area contributed by atoms with Gasteiger partial charge in [-0.05, 0) is 18.2 Å². The molecule has 100 valence electrons. The molecule has 3 N–H and O–H groups in total. The molecule has 1 aromatic carbocycles. The molecule has 1 aromatic rings. The van der Waals surface area contributed by atoms with Crippen LogP contribution >= 0.6 is 0 Å². The average molecular weight is 255 g/mol. The Kier molecular flexibility index (Phi) is 4.94. The van der Waals surface area contributed by atoms with Gasteiger partial charge in [-0.15, -0.1) is 0 Å². The van der Waals surface area contributed by atoms with Crippen molar-refractivity contribution in [2.45, 2.75) is 6.10 Å². The van der Waals surface area contributed by atoms with E-state index >= 15 is 0 Å². The van der Waals surface area contributed by atoms with Gasteiger partial charge in [0.15, 0.2) is 11.5 Å². The lowest BCUT2D eigenvalue weighted by Crippen LogP contribution is -2.36. The predicted molar refractivity (Wildman–Crippen MR) is 64.6 cm³/mol. The van der Waals surface area contributed by atoms with Crippen molar-refractivity contribution >= 4 is 5.91 Å². The first-order chi connectivity index (χ1) is 8.45. The van der Waals surface area contributed by atoms with Gasteiger partial charge in [0.1, 0.15) is 0 Å². The fraction of sp³-hybridized carbons (Fsp3) is 0.417. The van der Waals surface area contributed by atoms with Gasteiger partial charge >= 0.3 is 0 Å². The maximum Gasteiger partial charge on any atom is 0.253 e. The number of ether oxygens (including phenoxy) is 1. The van der Waals surface area contributed by atoms with Gasteiger partial charge in [-0.1, -0.05) is 0 Å². The Hall–Kier alpha value is -1.79. The second-order valence-corrected chi connectivity index (χ2v) is 4.00. The number of methoxy groups -OCH3 is 1. The van der Waals surface area contributed by atoms with Crippen LogP contribution in [0.4, 0.5) is 0 Å². The van der Waals surface area contributed by atoms with Gasteiger partial charge in [0, 0.05) is 26.3 Å². The molecule has 1 unspecified atom stereocenters. The Morgan fingerprint density at radius 3 is 2.61 bits per heavy atom. The summed E-state index contributed by atoms with van der Waals surface area (Å²) in [6.07, 6.45) is -0.769. The number of carbonyl (C=O) groups is 1. The summed E-state index contributed by atoms with van der Waals surface area (Å²) in [7, 11) is 2.99. The Morgan fingerprint density at radius 2 is 2.06 bits per heavy atom. The standard InChI is InChI=1S/C12H17NO5/c1-13(6-9(14)7-18-2)12(17)8-3-4-10(15)11(16)5-8/h3-5,9,14-16H,6-7H2,1-2H3. The van der Waals surface area contributed by atoms with Gasteiger partial charge in [-0.25, -0.2) is 0 Å². The van der Waals surface area contributed by atoms with Gasteiger partial charge in [0.25, 0.3) is 5.91 Å². The number of phenols is 2. The first kappa shape index (κ1) is 14.3. The summed E-state index contributed by atoms with van der Waals surface area (Å²) in [5.41, 5.74) is 0.234. The normalized spacial score (nSPS) is 12.2. The van der Waals surface area contributed by atoms with E-state index in [1.807, 2.05) is 0 Å². The topological polar surface area (TPSA) is 90.2 Å². The summed E-state index contributed by atoms with van der Waals surface area (Å²) in [6, 6.07) is 3.81. The minimum Gasteiger partial charge on any atom is -0.504 e. The number of benzene rings is 1. The highest BCUT2D eigenvalue weighted by molar-refractivity contribution is 5.94. The van der Waals surface area contributed by atoms with Crippen LogP contribution in [0.2, 0.25) is 0 Å². The molecule has 0 bridgehead atoms. The van der Waals surface area contributed by atoms with Crippen LogP contribution in [0.1, 0.15) is 10.4 Å². The van der Waals surface area contributed by atoms with Crippen LogP contribution in [0.25, 0.3) is 0 Å². The SMILES string of the molecule is COCC(O)CN(C)C(=O)c1ccc(O)c(O)c1. The highest BCUT2D eigenvalue weighted by Gasteiger charge is 2.16. The first-order valence-corrected chi connectivity index (χ1v) is 5.40. The van der Waals surface area contributed by atoms with E-state index < -0.39 is 6.10 Å². The third-order valence-corrected chi connectivity index (χ3v) is 2.41. The third-order valence-electron chi connectivity index (χ3n) is 2.41. The third kappa shape index (κ3) is 3.61. The Bertz CT molecular complexity index is 421. The molecule has 0 aromatic heterocycles. The molecule has 0 radical (unpaired) electrons. The number of phenolic OH excluding ortho intramolecular Hbond substituents is 2. The average Bonchev–Trinajstić information content (AvgIpc) is 2.32. The summed E-state index contributed by atoms with van der Waals surface area (Å²) < 4.78 is 4.76. The van der Waals surface area contributed by atoms with E-state index in [1.54, 1.807) is 0 Å². The highest BCUT2D eigenvalue weighted by atomic mass is 16.5. The molecule has 0 saturated carbocycles. The van der Waals surface area contributed by atoms with Crippen molar-refractivity contribution in [3.05, 3.63) is 23.8 Å². The fourth-order valence-corrected chi connectivity index (χ4v) is 1.52. The smallest absolute Gasteiger partial charge is 0.253 e. The zero-order valence-corrected chi connectivity index (χ0v) is 10.3. The van der Waals surface area contributed by atoms with Crippen molar-refractivity contribution in [1.82, 2.24) is 4.90 Å². The molecule has 18 heavy (non-hydrogen) atoms. The lowest BCUT2D eigenvalue weighted by Gasteiger charge is -2.20. The second kappa shape index (κ2) is 6.23. The van der Waals surface area contributed by atoms with Gasteiger partial charge in [-0.2, -0.15) is 0 Å². The first-order valence-electron chi connectivity index (χ1n) is 5.40. The van der Waals surface area contributed by atoms with Crippen LogP contribution in [0, 0.1) is 0 Å². The van der Waals surface area contributed by atoms with Crippen molar-refractivity contribution in [3.63, 3.8) is 0 Å². The molecule has 6 heteroatoms. The van der Waals surface area contributed by atoms with Crippen LogP contribution in [0.15, 0.2) is 18.2 Å². The van der Waals surface area contributed by atoms with Crippen LogP contribution in [0.5, 0.6) is 11.5 Å². The summed E-state index contributed by atoms with van der Waals surface area (Å²) in [5.74, 6) is -0.999. The maximum atomic E-state index is 11.9. The van der Waals surface area contributed by atoms with Gasteiger partial charge in [0.05, 0.1) is 12.7 Å². The Labute approximate surface area is 105 Å². The van der Waals surface area contributed by atoms with Crippen molar-refractivity contribution < 1.29 is 24.9 Å². The largest absolute Gasteiger partial charge is 0.504 e. The number of nitrogens with zero attached hydrogens (tertiary/aromatic N) is 1. The number of hydrogen-bond donors (Lipinski definition) is 3. The van der Waals surface area contributed by atoms with Gasteiger partial charge in [0.2, 0.25) is 0 Å². The number of amides is 1. The Morgan fingerprint density at radius 1 is 1.39 bits per heavy atom. The monoisotopic (exact) mass is 255 g/mol. The van der Waals surface area contributed by atoms with Crippen LogP contribution in [-0.2, 0) is 4.74 Å². The van der Waals surface area contributed by atoms with Crippen molar-refractivity contribution in [3.8, 4) is 11.5 Å². The zero-order valence-electron chi connectivity index (χ0n) is 10.3. The molecule has 0 aliphatic rings. The van der Waals surface area contributed by atoms with Crippen LogP contribution in [0.3, 0.4) is 0 Å². The molecular formula is C12H17NO5. The quantitative estimate of drug-likeness (QED) is 0.653. The van der Waals surface area contributed by atoms with E-state index in [1.165, 1.54) is 37.3 Å². The minimum atomic E-state index is -0.769. The second-order valence-electron chi connectivity index (χ2n) is 4.00. The number of hydrogen-bond acceptors (Lipinski definition) is 5. The summed E-state index contributed by atoms with van der Waals surface area (Å²) in [4.78, 5) is 13.2. The van der Waals surface area contributed by atoms with E-state index in [9.17, 15) is 15.0 Å². The summed E-state index contributed by atoms with van der Waals surface area (Å²) >= 11 is 0. The zero-order chi connectivity index (χ0) is 13.7. The number of aliphatic hydroxyl groups excluding tert-OH is 1. The number of aliphatic hydroxyl groups is 1. The van der Waals surface area contributed by atoms with E-state index in [-0.39, 0.29) is 36.1 Å². The van der Waals surface area contributed by atoms with E-state index in [0.717, 1.165) is 0 Å². The predicted octanol–water partition coefficient (Wildman–Crippen LogP) is 0.177. The Balaban J connectivity index is 2.71. The lowest BCUT2D eigenvalue weighted by atomic mass is 10.1. The fourth-order valence-electron chi connectivity index (χ4n) is 1.52. The maximum absolute atomic E-state index is 11.9. The molecule has 0 spiro atoms. The molecular weight excluding hydrogens is 238 g/mol. The molecule has 0 saturated heterocycles. The molecule has 1 rings (SSSR count). The molecule has 0 aliphatic carbocycles. The van der Waals surface area contributed by atoms with E-state index in [4.69, 9.17) is 9.84 Å². The van der Waals surface area contributed by atoms with E-state index in [0.29, 0.717) is 0 Å². The summed E-state index contributed by atoms with van der Waals surface area (Å²) in [6.45, 7) is 0.257. The van der Waals surface area contributed by atoms with Gasteiger partial charge in [-0.3, -0.25) is 4.79 Å². The van der Waals surface area contributed by atoms with Crippen LogP contribution < -0.4 is 0 Å². The molecule has 6 nitrogen and oxygen atoms in total. The number of likely N-dealkylation sites (N-methyl/N-ethyl adjacent to an activating group) is 1. The lowest BCUT2D eigenvalue weighted by molar-refractivity contribution is 0.0380. The van der Waals surface area contributed by atoms with Crippen LogP contribution in [-0.4, -0.2) is 59.5 Å². The molecule has 1 atom stereocenters. The van der Waals surface area contributed by atoms with Crippen molar-refractivity contribution in [2.24, 2.45) is 0 Å². The molecule has 0 fully saturated rings. The number of aromatic hydroxyl groups is 2. The number of rotatable bonds is 5. The summed E-state index contributed by atoms with van der Waals surface area (Å²) in [5, 5.41) is 28.0. The van der Waals surface area contributed by atoms with Crippen molar-refractivity contribution in [1.29, 1.82) is 0 Å². The molecule has 0 heterocycles. The van der Waals surface area contributed by atoms with Gasteiger partial charge < -0.3 is 25.0 Å². The highest BCUT2D eigenvalue weighted by Crippen LogP contribution is 2.25. The number of carbonyl (C=O) groups excluding carboxylic acids is 1. The molecule has 1 amide bonds. The van der Waals surface area contributed by atoms with E-state index in [2.05, 4.69) is 0 Å².